The van der Waals surface area contributed by atoms with E-state index in [0.717, 1.165) is 103 Å². The minimum atomic E-state index is -0.871. The number of nitrogens with one attached hydrogen (secondary N) is 5. The van der Waals surface area contributed by atoms with Crippen LogP contribution in [-0.2, 0) is 49.2 Å². The molecule has 0 aliphatic carbocycles. The lowest BCUT2D eigenvalue weighted by Crippen LogP contribution is -2.31. The van der Waals surface area contributed by atoms with Crippen LogP contribution in [0.15, 0.2) is 61.7 Å². The number of esters is 1. The number of ether oxygens (including phenoxy) is 7. The number of aryl methyl sites for hydroxylation is 3. The van der Waals surface area contributed by atoms with Gasteiger partial charge in [0.2, 0.25) is 0 Å². The van der Waals surface area contributed by atoms with Gasteiger partial charge in [-0.05, 0) is 156 Å². The Bertz CT molecular complexity index is 3170. The number of aromatic amines is 2. The van der Waals surface area contributed by atoms with Crippen molar-refractivity contribution in [3.63, 3.8) is 0 Å². The van der Waals surface area contributed by atoms with Gasteiger partial charge >= 0.3 is 11.9 Å². The smallest absolute Gasteiger partial charge is 0.306 e. The molecule has 20 heteroatoms. The zero-order chi connectivity index (χ0) is 64.2. The first-order valence-electron chi connectivity index (χ1n) is 30.5. The summed E-state index contributed by atoms with van der Waals surface area (Å²) >= 11 is 0. The molecular formula is C68H93N7O13. The van der Waals surface area contributed by atoms with Crippen molar-refractivity contribution < 1.29 is 62.2 Å². The van der Waals surface area contributed by atoms with Crippen LogP contribution in [0.4, 0.5) is 0 Å². The van der Waals surface area contributed by atoms with Gasteiger partial charge in [0, 0.05) is 102 Å². The molecule has 0 spiro atoms. The van der Waals surface area contributed by atoms with Crippen molar-refractivity contribution in [2.45, 2.75) is 120 Å². The molecule has 0 saturated carbocycles. The summed E-state index contributed by atoms with van der Waals surface area (Å²) in [5, 5.41) is 17.8. The summed E-state index contributed by atoms with van der Waals surface area (Å²) in [6.45, 7) is 34.5. The maximum absolute atomic E-state index is 12.9. The Balaban J connectivity index is 0.000000323. The lowest BCUT2D eigenvalue weighted by molar-refractivity contribution is -0.154. The number of rotatable bonds is 35. The minimum Gasteiger partial charge on any atom is -0.481 e. The quantitative estimate of drug-likeness (QED) is 0.0185. The van der Waals surface area contributed by atoms with Crippen LogP contribution in [-0.4, -0.2) is 159 Å². The lowest BCUT2D eigenvalue weighted by Gasteiger charge is -2.19. The van der Waals surface area contributed by atoms with E-state index < -0.39 is 29.3 Å². The summed E-state index contributed by atoms with van der Waals surface area (Å²) in [5.74, 6) is -2.40. The van der Waals surface area contributed by atoms with Crippen molar-refractivity contribution in [3.05, 3.63) is 123 Å². The number of carbonyl (C=O) groups excluding carboxylic acids is 4. The lowest BCUT2D eigenvalue weighted by atomic mass is 10.00. The largest absolute Gasteiger partial charge is 0.481 e. The second-order valence-electron chi connectivity index (χ2n) is 22.2. The van der Waals surface area contributed by atoms with Crippen molar-refractivity contribution in [2.75, 3.05) is 98.9 Å². The molecule has 2 aliphatic rings. The highest BCUT2D eigenvalue weighted by atomic mass is 16.6. The third-order valence-electron chi connectivity index (χ3n) is 14.1. The minimum absolute atomic E-state index is 0.0207. The number of benzene rings is 1. The second-order valence-corrected chi connectivity index (χ2v) is 22.2. The van der Waals surface area contributed by atoms with Crippen LogP contribution >= 0.6 is 0 Å². The molecule has 88 heavy (non-hydrogen) atoms. The summed E-state index contributed by atoms with van der Waals surface area (Å²) in [6, 6.07) is 12.4. The van der Waals surface area contributed by atoms with Crippen LogP contribution in [0.2, 0.25) is 0 Å². The zero-order valence-corrected chi connectivity index (χ0v) is 53.4. The van der Waals surface area contributed by atoms with Crippen molar-refractivity contribution in [2.24, 2.45) is 0 Å². The van der Waals surface area contributed by atoms with E-state index in [1.807, 2.05) is 92.7 Å². The number of aromatic nitrogens is 4. The molecule has 0 atom stereocenters. The fourth-order valence-electron chi connectivity index (χ4n) is 9.59. The van der Waals surface area contributed by atoms with Gasteiger partial charge in [0.05, 0.1) is 82.2 Å². The van der Waals surface area contributed by atoms with Gasteiger partial charge in [-0.25, -0.2) is 9.97 Å². The average molecular weight is 1220 g/mol. The van der Waals surface area contributed by atoms with Crippen LogP contribution in [0.1, 0.15) is 170 Å². The Hall–Kier alpha value is -7.59. The van der Waals surface area contributed by atoms with E-state index in [1.165, 1.54) is 18.2 Å². The fraction of sp³-hybridized carbons (Fsp3) is 0.485. The van der Waals surface area contributed by atoms with Gasteiger partial charge in [0.1, 0.15) is 5.60 Å². The number of hydrogen-bond donors (Lipinski definition) is 6. The number of hydrogen-bond acceptors (Lipinski definition) is 14. The molecule has 8 bridgehead atoms. The number of H-pyrrole nitrogens is 2. The van der Waals surface area contributed by atoms with Crippen LogP contribution in [0.5, 0.6) is 0 Å². The van der Waals surface area contributed by atoms with E-state index in [1.54, 1.807) is 0 Å². The maximum Gasteiger partial charge on any atom is 0.306 e. The molecule has 20 nitrogen and oxygen atoms in total. The monoisotopic (exact) mass is 1220 g/mol. The predicted molar refractivity (Wildman–Crippen MR) is 346 cm³/mol. The predicted octanol–water partition coefficient (Wildman–Crippen LogP) is 11.0. The normalized spacial score (nSPS) is 12.2. The Morgan fingerprint density at radius 2 is 0.955 bits per heavy atom. The number of aliphatic carboxylic acids is 1. The summed E-state index contributed by atoms with van der Waals surface area (Å²) in [6.07, 6.45) is 7.48. The number of carboxylic acids is 1. The molecule has 1 aromatic carbocycles. The highest BCUT2D eigenvalue weighted by Gasteiger charge is 2.23. The first-order valence-corrected chi connectivity index (χ1v) is 30.5. The third kappa shape index (κ3) is 22.2. The van der Waals surface area contributed by atoms with Gasteiger partial charge in [-0.1, -0.05) is 46.1 Å². The molecule has 0 radical (unpaired) electrons. The van der Waals surface area contributed by atoms with Gasteiger partial charge in [-0.3, -0.25) is 24.0 Å². The van der Waals surface area contributed by atoms with E-state index in [2.05, 4.69) is 52.1 Å². The SMILES string of the molecule is C=CC1=C(C)c2cc3nc(cc4[nH]c(cc5[nH]c(cc1n2)c(C)c5C=C)c(C)c4CCC(=O)OC(C)(C)C)C(CCC(=O)O)=C3C.CCCOCCOCCNC(=O)c1cc(C(=O)NCCOCCOCCC)cc(C(=O)NCCOCCOCCC)c1. The zero-order valence-electron chi connectivity index (χ0n) is 53.4. The molecule has 2 aliphatic heterocycles. The van der Waals surface area contributed by atoms with Crippen LogP contribution < -0.4 is 16.0 Å². The summed E-state index contributed by atoms with van der Waals surface area (Å²) in [4.78, 5) is 80.2. The topological polar surface area (TPSA) is 264 Å². The maximum atomic E-state index is 12.9. The van der Waals surface area contributed by atoms with E-state index in [9.17, 15) is 29.1 Å². The van der Waals surface area contributed by atoms with Gasteiger partial charge < -0.3 is 64.2 Å². The van der Waals surface area contributed by atoms with Crippen molar-refractivity contribution in [3.8, 4) is 0 Å². The molecule has 478 valence electrons. The number of allylic oxidation sites excluding steroid dienone is 5. The molecule has 5 heterocycles. The van der Waals surface area contributed by atoms with Gasteiger partial charge in [0.15, 0.2) is 0 Å². The van der Waals surface area contributed by atoms with Crippen molar-refractivity contribution in [1.29, 1.82) is 0 Å². The summed E-state index contributed by atoms with van der Waals surface area (Å²) in [5.41, 5.74) is 14.2. The Morgan fingerprint density at radius 3 is 1.41 bits per heavy atom. The Kier molecular flexibility index (Phi) is 29.6. The van der Waals surface area contributed by atoms with E-state index in [4.69, 9.17) is 43.1 Å². The van der Waals surface area contributed by atoms with Crippen LogP contribution in [0.25, 0.3) is 50.4 Å². The number of carbonyl (C=O) groups is 5. The molecule has 3 aromatic heterocycles. The molecule has 0 fully saturated rings. The summed E-state index contributed by atoms with van der Waals surface area (Å²) in [7, 11) is 0. The van der Waals surface area contributed by atoms with Crippen molar-refractivity contribution >= 4 is 80.1 Å². The molecular weight excluding hydrogens is 1120 g/mol. The van der Waals surface area contributed by atoms with E-state index in [0.29, 0.717) is 97.8 Å². The number of amides is 3. The van der Waals surface area contributed by atoms with Crippen molar-refractivity contribution in [1.82, 2.24) is 35.9 Å². The number of carboxylic acid groups (broad SMARTS) is 1. The van der Waals surface area contributed by atoms with Gasteiger partial charge in [-0.2, -0.15) is 0 Å². The molecule has 6 N–H and O–H groups in total. The highest BCUT2D eigenvalue weighted by Crippen LogP contribution is 2.37. The number of nitrogens with zero attached hydrogens (tertiary/aromatic N) is 2. The van der Waals surface area contributed by atoms with E-state index >= 15 is 0 Å². The van der Waals surface area contributed by atoms with E-state index in [-0.39, 0.29) is 55.1 Å². The Labute approximate surface area is 518 Å². The molecule has 4 aromatic rings. The Morgan fingerprint density at radius 1 is 0.511 bits per heavy atom. The first kappa shape index (κ1) is 71.2. The summed E-state index contributed by atoms with van der Waals surface area (Å²) < 4.78 is 38.1. The molecule has 0 saturated heterocycles. The van der Waals surface area contributed by atoms with Crippen LogP contribution in [0, 0.1) is 13.8 Å². The first-order chi connectivity index (χ1) is 42.2. The third-order valence-corrected chi connectivity index (χ3v) is 14.1. The standard InChI is InChI=1S/C38H42N4O4.C30H51N3O9/c1-10-24-20(3)28-16-29-22(5)26(12-14-36(43)44)34(41-29)19-35-27(13-15-37(45)46-38(7,8)9)23(6)31(42-35)18-33-25(11-2)21(4)30(40-33)17-32(24)39-28;1-4-10-37-16-19-40-13-7-31-28(34)25-22-26(29(35)32-8-14-41-20-17-38-11-5-2)24-27(23-25)30(36)33-9-15-42-21-18-39-12-6-3/h10-11,16-19,40,42H,1-2,12-15H2,3-9H3,(H,43,44);22-24H,4-21H2,1-3H3,(H,31,34)(H,32,35)(H,33,36). The second kappa shape index (κ2) is 36.7. The van der Waals surface area contributed by atoms with Crippen LogP contribution in [0.3, 0.4) is 0 Å². The molecule has 0 unspecified atom stereocenters. The fourth-order valence-corrected chi connectivity index (χ4v) is 9.59. The average Bonchev–Trinajstić information content (AvgIpc) is 2.23. The molecule has 3 amide bonds. The number of fused-ring (bicyclic) bond motifs is 8. The van der Waals surface area contributed by atoms with Gasteiger partial charge in [0.25, 0.3) is 17.7 Å². The van der Waals surface area contributed by atoms with Gasteiger partial charge in [-0.15, -0.1) is 0 Å². The highest BCUT2D eigenvalue weighted by molar-refractivity contribution is 6.05. The molecule has 6 rings (SSSR count).